The van der Waals surface area contributed by atoms with E-state index >= 15 is 0 Å². The maximum absolute atomic E-state index is 9.91. The van der Waals surface area contributed by atoms with Gasteiger partial charge in [-0.2, -0.15) is 0 Å². The van der Waals surface area contributed by atoms with Gasteiger partial charge in [0.2, 0.25) is 0 Å². The van der Waals surface area contributed by atoms with Gasteiger partial charge in [0, 0.05) is 0 Å². The first-order valence-electron chi connectivity index (χ1n) is 9.46. The van der Waals surface area contributed by atoms with Crippen LogP contribution in [-0.2, 0) is 0 Å². The molecular formula is C20H36O. The van der Waals surface area contributed by atoms with E-state index in [0.29, 0.717) is 11.3 Å². The standard InChI is InChI=1S/C18H30O.C2H6/c1-13-5-4-12-18(2)15(10-11-16(13)18)6-3-7-17(19)14-8-9-14;1-2/h3,7,13-17,19H,4-6,8-12H2,1-2H3;1-2H3/b7-3+;. The van der Waals surface area contributed by atoms with Crippen LogP contribution in [-0.4, -0.2) is 11.2 Å². The minimum atomic E-state index is -0.157. The van der Waals surface area contributed by atoms with Crippen molar-refractivity contribution in [2.24, 2.45) is 29.1 Å². The summed E-state index contributed by atoms with van der Waals surface area (Å²) in [5.41, 5.74) is 0.590. The lowest BCUT2D eigenvalue weighted by Crippen LogP contribution is -2.35. The smallest absolute Gasteiger partial charge is 0.0749 e. The highest BCUT2D eigenvalue weighted by atomic mass is 16.3. The van der Waals surface area contributed by atoms with Gasteiger partial charge in [-0.25, -0.2) is 0 Å². The fourth-order valence-electron chi connectivity index (χ4n) is 5.04. The molecule has 3 rings (SSSR count). The molecule has 0 radical (unpaired) electrons. The zero-order valence-electron chi connectivity index (χ0n) is 14.6. The molecule has 0 saturated heterocycles. The minimum absolute atomic E-state index is 0.157. The Morgan fingerprint density at radius 3 is 2.52 bits per heavy atom. The quantitative estimate of drug-likeness (QED) is 0.670. The van der Waals surface area contributed by atoms with E-state index < -0.39 is 0 Å². The topological polar surface area (TPSA) is 20.2 Å². The van der Waals surface area contributed by atoms with Crippen LogP contribution in [0.15, 0.2) is 12.2 Å². The van der Waals surface area contributed by atoms with Gasteiger partial charge in [-0.3, -0.25) is 0 Å². The molecule has 1 N–H and O–H groups in total. The summed E-state index contributed by atoms with van der Waals surface area (Å²) in [7, 11) is 0. The van der Waals surface area contributed by atoms with Crippen molar-refractivity contribution in [1.82, 2.24) is 0 Å². The number of rotatable bonds is 4. The highest BCUT2D eigenvalue weighted by molar-refractivity contribution is 5.03. The van der Waals surface area contributed by atoms with E-state index in [9.17, 15) is 5.11 Å². The lowest BCUT2D eigenvalue weighted by molar-refractivity contribution is 0.0599. The summed E-state index contributed by atoms with van der Waals surface area (Å²) in [6.45, 7) is 9.02. The molecule has 5 atom stereocenters. The Hall–Kier alpha value is -0.300. The maximum Gasteiger partial charge on any atom is 0.0749 e. The van der Waals surface area contributed by atoms with Crippen molar-refractivity contribution in [3.8, 4) is 0 Å². The van der Waals surface area contributed by atoms with E-state index in [4.69, 9.17) is 0 Å². The molecule has 122 valence electrons. The maximum atomic E-state index is 9.91. The lowest BCUT2D eigenvalue weighted by Gasteiger charge is -2.44. The van der Waals surface area contributed by atoms with Crippen LogP contribution in [0.3, 0.4) is 0 Å². The molecule has 3 saturated carbocycles. The van der Waals surface area contributed by atoms with Gasteiger partial charge in [-0.15, -0.1) is 0 Å². The Labute approximate surface area is 132 Å². The van der Waals surface area contributed by atoms with Crippen molar-refractivity contribution in [1.29, 1.82) is 0 Å². The molecule has 3 aliphatic rings. The Morgan fingerprint density at radius 2 is 1.86 bits per heavy atom. The second-order valence-electron chi connectivity index (χ2n) is 7.75. The molecule has 1 nitrogen and oxygen atoms in total. The molecule has 0 aromatic heterocycles. The molecule has 5 unspecified atom stereocenters. The van der Waals surface area contributed by atoms with Crippen molar-refractivity contribution in [2.45, 2.75) is 85.2 Å². The summed E-state index contributed by atoms with van der Waals surface area (Å²) >= 11 is 0. The van der Waals surface area contributed by atoms with Crippen LogP contribution in [0, 0.1) is 29.1 Å². The van der Waals surface area contributed by atoms with Crippen LogP contribution in [0.1, 0.15) is 79.1 Å². The molecule has 3 aliphatic carbocycles. The highest BCUT2D eigenvalue weighted by Gasteiger charge is 2.49. The highest BCUT2D eigenvalue weighted by Crippen LogP contribution is 2.58. The average molecular weight is 293 g/mol. The van der Waals surface area contributed by atoms with Crippen LogP contribution in [0.5, 0.6) is 0 Å². The summed E-state index contributed by atoms with van der Waals surface area (Å²) in [5, 5.41) is 9.91. The van der Waals surface area contributed by atoms with Gasteiger partial charge in [0.05, 0.1) is 6.10 Å². The Morgan fingerprint density at radius 1 is 1.14 bits per heavy atom. The summed E-state index contributed by atoms with van der Waals surface area (Å²) in [6, 6.07) is 0. The van der Waals surface area contributed by atoms with Gasteiger partial charge < -0.3 is 5.11 Å². The predicted molar refractivity (Wildman–Crippen MR) is 91.2 cm³/mol. The van der Waals surface area contributed by atoms with Crippen LogP contribution >= 0.6 is 0 Å². The minimum Gasteiger partial charge on any atom is -0.389 e. The second-order valence-corrected chi connectivity index (χ2v) is 7.75. The molecule has 1 heteroatoms. The largest absolute Gasteiger partial charge is 0.389 e. The van der Waals surface area contributed by atoms with Gasteiger partial charge in [0.25, 0.3) is 0 Å². The van der Waals surface area contributed by atoms with Crippen LogP contribution in [0.4, 0.5) is 0 Å². The molecule has 3 fully saturated rings. The van der Waals surface area contributed by atoms with Gasteiger partial charge in [0.15, 0.2) is 0 Å². The van der Waals surface area contributed by atoms with Gasteiger partial charge in [-0.05, 0) is 67.6 Å². The zero-order valence-corrected chi connectivity index (χ0v) is 14.6. The normalized spacial score (nSPS) is 40.5. The van der Waals surface area contributed by atoms with E-state index in [-0.39, 0.29) is 6.10 Å². The third-order valence-electron chi connectivity index (χ3n) is 6.53. The van der Waals surface area contributed by atoms with Crippen LogP contribution in [0.2, 0.25) is 0 Å². The van der Waals surface area contributed by atoms with Crippen molar-refractivity contribution >= 4 is 0 Å². The molecule has 0 aromatic carbocycles. The molecule has 0 spiro atoms. The summed E-state index contributed by atoms with van der Waals surface area (Å²) in [5.74, 6) is 3.35. The summed E-state index contributed by atoms with van der Waals surface area (Å²) < 4.78 is 0. The third kappa shape index (κ3) is 3.73. The monoisotopic (exact) mass is 292 g/mol. The zero-order chi connectivity index (χ0) is 15.5. The number of aliphatic hydroxyl groups excluding tert-OH is 1. The molecule has 0 amide bonds. The molecule has 0 aliphatic heterocycles. The first-order chi connectivity index (χ1) is 10.1. The van der Waals surface area contributed by atoms with Crippen molar-refractivity contribution in [3.63, 3.8) is 0 Å². The first-order valence-corrected chi connectivity index (χ1v) is 9.46. The summed E-state index contributed by atoms with van der Waals surface area (Å²) in [4.78, 5) is 0. The van der Waals surface area contributed by atoms with E-state index in [1.165, 1.54) is 51.4 Å². The van der Waals surface area contributed by atoms with Crippen molar-refractivity contribution in [2.75, 3.05) is 0 Å². The fraction of sp³-hybridized carbons (Fsp3) is 0.900. The average Bonchev–Trinajstić information content (AvgIpc) is 3.27. The predicted octanol–water partition coefficient (Wildman–Crippen LogP) is 5.58. The molecular weight excluding hydrogens is 256 g/mol. The Bertz CT molecular complexity index is 344. The molecule has 0 bridgehead atoms. The molecule has 0 heterocycles. The Kier molecular flexibility index (Phi) is 5.94. The summed E-state index contributed by atoms with van der Waals surface area (Å²) in [6.07, 6.45) is 15.0. The first kappa shape index (κ1) is 17.1. The molecule has 21 heavy (non-hydrogen) atoms. The van der Waals surface area contributed by atoms with E-state index in [1.54, 1.807) is 0 Å². The van der Waals surface area contributed by atoms with Crippen LogP contribution in [0.25, 0.3) is 0 Å². The van der Waals surface area contributed by atoms with Gasteiger partial charge >= 0.3 is 0 Å². The number of hydrogen-bond donors (Lipinski definition) is 1. The van der Waals surface area contributed by atoms with E-state index in [0.717, 1.165) is 17.8 Å². The third-order valence-corrected chi connectivity index (χ3v) is 6.53. The fourth-order valence-corrected chi connectivity index (χ4v) is 5.04. The second kappa shape index (κ2) is 7.31. The van der Waals surface area contributed by atoms with E-state index in [2.05, 4.69) is 26.0 Å². The van der Waals surface area contributed by atoms with Gasteiger partial charge in [0.1, 0.15) is 0 Å². The van der Waals surface area contributed by atoms with Crippen molar-refractivity contribution in [3.05, 3.63) is 12.2 Å². The number of fused-ring (bicyclic) bond motifs is 1. The SMILES string of the molecule is CC.CC1CCCC2(C)C(C/C=C/C(O)C3CC3)CCC12. The van der Waals surface area contributed by atoms with Crippen molar-refractivity contribution < 1.29 is 5.11 Å². The van der Waals surface area contributed by atoms with Crippen LogP contribution < -0.4 is 0 Å². The van der Waals surface area contributed by atoms with E-state index in [1.807, 2.05) is 13.8 Å². The number of aliphatic hydroxyl groups is 1. The van der Waals surface area contributed by atoms with Gasteiger partial charge in [-0.1, -0.05) is 52.7 Å². The number of hydrogen-bond acceptors (Lipinski definition) is 1. The lowest BCUT2D eigenvalue weighted by atomic mass is 9.61. The Balaban J connectivity index is 0.000000774. The molecule has 0 aromatic rings. The number of allylic oxidation sites excluding steroid dienone is 1.